The van der Waals surface area contributed by atoms with E-state index in [1.807, 2.05) is 0 Å². The van der Waals surface area contributed by atoms with Crippen molar-refractivity contribution in [3.8, 4) is 29.1 Å². The highest BCUT2D eigenvalue weighted by Gasteiger charge is 2.13. The third-order valence-corrected chi connectivity index (χ3v) is 3.22. The summed E-state index contributed by atoms with van der Waals surface area (Å²) in [7, 11) is 0. The third-order valence-electron chi connectivity index (χ3n) is 3.22. The van der Waals surface area contributed by atoms with Gasteiger partial charge in [0.2, 0.25) is 6.79 Å². The molecule has 0 saturated heterocycles. The molecule has 1 heterocycles. The van der Waals surface area contributed by atoms with E-state index in [0.29, 0.717) is 22.8 Å². The van der Waals surface area contributed by atoms with Gasteiger partial charge in [0.05, 0.1) is 6.54 Å². The molecule has 1 amide bonds. The predicted molar refractivity (Wildman–Crippen MR) is 84.6 cm³/mol. The Balaban J connectivity index is 1.42. The molecular formula is C18H14FNO4. The van der Waals surface area contributed by atoms with Gasteiger partial charge < -0.3 is 19.5 Å². The Morgan fingerprint density at radius 2 is 1.92 bits per heavy atom. The van der Waals surface area contributed by atoms with Crippen LogP contribution in [0, 0.1) is 17.7 Å². The second-order valence-electron chi connectivity index (χ2n) is 4.85. The molecule has 0 bridgehead atoms. The Bertz CT molecular complexity index is 793. The molecule has 1 N–H and O–H groups in total. The summed E-state index contributed by atoms with van der Waals surface area (Å²) < 4.78 is 28.7. The topological polar surface area (TPSA) is 56.8 Å². The molecule has 122 valence electrons. The number of carbonyl (C=O) groups is 1. The Kier molecular flexibility index (Phi) is 4.82. The standard InChI is InChI=1S/C18H14FNO4/c19-14-5-3-13(4-6-14)18(21)20-9-1-2-10-22-15-7-8-16-17(11-15)24-12-23-16/h3-8,11H,9-10,12H2,(H,20,21). The molecule has 2 aromatic rings. The van der Waals surface area contributed by atoms with Gasteiger partial charge in [0.25, 0.3) is 5.91 Å². The van der Waals surface area contributed by atoms with E-state index in [1.54, 1.807) is 18.2 Å². The average Bonchev–Trinajstić information content (AvgIpc) is 3.06. The van der Waals surface area contributed by atoms with Gasteiger partial charge in [-0.15, -0.1) is 0 Å². The van der Waals surface area contributed by atoms with E-state index >= 15 is 0 Å². The number of hydrogen-bond donors (Lipinski definition) is 1. The van der Waals surface area contributed by atoms with Gasteiger partial charge in [-0.25, -0.2) is 4.39 Å². The van der Waals surface area contributed by atoms with Crippen molar-refractivity contribution < 1.29 is 23.4 Å². The first kappa shape index (κ1) is 15.7. The van der Waals surface area contributed by atoms with E-state index in [0.717, 1.165) is 0 Å². The van der Waals surface area contributed by atoms with Gasteiger partial charge in [0.1, 0.15) is 18.2 Å². The number of ether oxygens (including phenoxy) is 3. The number of fused-ring (bicyclic) bond motifs is 1. The van der Waals surface area contributed by atoms with Crippen LogP contribution in [-0.4, -0.2) is 25.9 Å². The molecule has 1 aliphatic heterocycles. The summed E-state index contributed by atoms with van der Waals surface area (Å²) >= 11 is 0. The Hall–Kier alpha value is -3.20. The first-order chi connectivity index (χ1) is 11.7. The van der Waals surface area contributed by atoms with Crippen molar-refractivity contribution in [2.45, 2.75) is 0 Å². The van der Waals surface area contributed by atoms with Crippen LogP contribution in [0.3, 0.4) is 0 Å². The van der Waals surface area contributed by atoms with E-state index in [4.69, 9.17) is 14.2 Å². The molecule has 0 radical (unpaired) electrons. The van der Waals surface area contributed by atoms with Gasteiger partial charge in [-0.1, -0.05) is 11.8 Å². The molecule has 5 nitrogen and oxygen atoms in total. The van der Waals surface area contributed by atoms with Crippen LogP contribution in [0.25, 0.3) is 0 Å². The van der Waals surface area contributed by atoms with Gasteiger partial charge in [-0.2, -0.15) is 0 Å². The van der Waals surface area contributed by atoms with Crippen LogP contribution in [0.15, 0.2) is 42.5 Å². The quantitative estimate of drug-likeness (QED) is 0.876. The molecule has 0 atom stereocenters. The van der Waals surface area contributed by atoms with Gasteiger partial charge in [0, 0.05) is 11.6 Å². The van der Waals surface area contributed by atoms with Crippen molar-refractivity contribution in [3.63, 3.8) is 0 Å². The highest BCUT2D eigenvalue weighted by molar-refractivity contribution is 5.94. The van der Waals surface area contributed by atoms with E-state index in [2.05, 4.69) is 17.2 Å². The number of carbonyl (C=O) groups excluding carboxylic acids is 1. The molecule has 0 aliphatic carbocycles. The number of hydrogen-bond acceptors (Lipinski definition) is 4. The van der Waals surface area contributed by atoms with E-state index < -0.39 is 0 Å². The highest BCUT2D eigenvalue weighted by Crippen LogP contribution is 2.34. The van der Waals surface area contributed by atoms with Crippen LogP contribution in [0.1, 0.15) is 10.4 Å². The van der Waals surface area contributed by atoms with Gasteiger partial charge in [-0.3, -0.25) is 4.79 Å². The van der Waals surface area contributed by atoms with E-state index in [9.17, 15) is 9.18 Å². The number of amides is 1. The normalized spacial score (nSPS) is 11.4. The molecule has 0 spiro atoms. The fourth-order valence-electron chi connectivity index (χ4n) is 2.03. The minimum Gasteiger partial charge on any atom is -0.481 e. The zero-order valence-electron chi connectivity index (χ0n) is 12.7. The van der Waals surface area contributed by atoms with E-state index in [-0.39, 0.29) is 31.7 Å². The minimum absolute atomic E-state index is 0.181. The Labute approximate surface area is 138 Å². The highest BCUT2D eigenvalue weighted by atomic mass is 19.1. The van der Waals surface area contributed by atoms with Gasteiger partial charge >= 0.3 is 0 Å². The average molecular weight is 327 g/mol. The maximum Gasteiger partial charge on any atom is 0.252 e. The zero-order valence-corrected chi connectivity index (χ0v) is 12.7. The summed E-state index contributed by atoms with van der Waals surface area (Å²) in [5, 5.41) is 2.62. The molecule has 0 aromatic heterocycles. The van der Waals surface area contributed by atoms with Crippen molar-refractivity contribution in [1.29, 1.82) is 0 Å². The maximum absolute atomic E-state index is 12.8. The first-order valence-corrected chi connectivity index (χ1v) is 7.24. The lowest BCUT2D eigenvalue weighted by Gasteiger charge is -2.03. The van der Waals surface area contributed by atoms with Gasteiger partial charge in [-0.05, 0) is 36.4 Å². The summed E-state index contributed by atoms with van der Waals surface area (Å²) in [6.45, 7) is 0.582. The van der Waals surface area contributed by atoms with Crippen LogP contribution in [0.4, 0.5) is 4.39 Å². The second-order valence-corrected chi connectivity index (χ2v) is 4.85. The largest absolute Gasteiger partial charge is 0.481 e. The lowest BCUT2D eigenvalue weighted by Crippen LogP contribution is -2.23. The van der Waals surface area contributed by atoms with Crippen LogP contribution < -0.4 is 19.5 Å². The number of rotatable bonds is 4. The Morgan fingerprint density at radius 3 is 2.75 bits per heavy atom. The molecule has 3 rings (SSSR count). The zero-order chi connectivity index (χ0) is 16.8. The SMILES string of the molecule is O=C(NCC#CCOc1ccc2c(c1)OCO2)c1ccc(F)cc1. The molecular weight excluding hydrogens is 313 g/mol. The lowest BCUT2D eigenvalue weighted by atomic mass is 10.2. The van der Waals surface area contributed by atoms with Crippen molar-refractivity contribution in [3.05, 3.63) is 53.8 Å². The van der Waals surface area contributed by atoms with Gasteiger partial charge in [0.15, 0.2) is 11.5 Å². The minimum atomic E-state index is -0.382. The molecule has 0 unspecified atom stereocenters. The van der Waals surface area contributed by atoms with Crippen molar-refractivity contribution >= 4 is 5.91 Å². The lowest BCUT2D eigenvalue weighted by molar-refractivity contribution is 0.0958. The van der Waals surface area contributed by atoms with Crippen molar-refractivity contribution in [2.24, 2.45) is 0 Å². The predicted octanol–water partition coefficient (Wildman–Crippen LogP) is 2.37. The second kappa shape index (κ2) is 7.38. The number of nitrogens with one attached hydrogen (secondary N) is 1. The smallest absolute Gasteiger partial charge is 0.252 e. The maximum atomic E-state index is 12.8. The van der Waals surface area contributed by atoms with Crippen LogP contribution in [-0.2, 0) is 0 Å². The Morgan fingerprint density at radius 1 is 1.12 bits per heavy atom. The molecule has 24 heavy (non-hydrogen) atoms. The number of benzene rings is 2. The molecule has 2 aromatic carbocycles. The summed E-state index contributed by atoms with van der Waals surface area (Å²) in [5.74, 6) is 6.86. The molecule has 0 fully saturated rings. The summed E-state index contributed by atoms with van der Waals surface area (Å²) in [6.07, 6.45) is 0. The van der Waals surface area contributed by atoms with Crippen LogP contribution in [0.2, 0.25) is 0 Å². The summed E-state index contributed by atoms with van der Waals surface area (Å²) in [4.78, 5) is 11.8. The molecule has 1 aliphatic rings. The van der Waals surface area contributed by atoms with E-state index in [1.165, 1.54) is 24.3 Å². The van der Waals surface area contributed by atoms with Crippen molar-refractivity contribution in [1.82, 2.24) is 5.32 Å². The van der Waals surface area contributed by atoms with Crippen LogP contribution >= 0.6 is 0 Å². The third kappa shape index (κ3) is 3.96. The monoisotopic (exact) mass is 327 g/mol. The van der Waals surface area contributed by atoms with Crippen molar-refractivity contribution in [2.75, 3.05) is 19.9 Å². The molecule has 0 saturated carbocycles. The summed E-state index contributed by atoms with van der Waals surface area (Å²) in [6, 6.07) is 10.6. The molecule has 6 heteroatoms. The fourth-order valence-corrected chi connectivity index (χ4v) is 2.03. The summed E-state index contributed by atoms with van der Waals surface area (Å²) in [5.41, 5.74) is 0.384. The van der Waals surface area contributed by atoms with Crippen LogP contribution in [0.5, 0.6) is 17.2 Å². The fraction of sp³-hybridized carbons (Fsp3) is 0.167. The first-order valence-electron chi connectivity index (χ1n) is 7.24. The number of halogens is 1.